The van der Waals surface area contributed by atoms with Gasteiger partial charge in [0.15, 0.2) is 5.75 Å². The molecule has 19 heavy (non-hydrogen) atoms. The van der Waals surface area contributed by atoms with Crippen molar-refractivity contribution in [2.24, 2.45) is 0 Å². The number of aryl methyl sites for hydroxylation is 1. The van der Waals surface area contributed by atoms with Crippen molar-refractivity contribution in [3.05, 3.63) is 36.2 Å². The predicted molar refractivity (Wildman–Crippen MR) is 63.8 cm³/mol. The molecule has 0 unspecified atom stereocenters. The van der Waals surface area contributed by atoms with Crippen LogP contribution in [-0.4, -0.2) is 9.78 Å². The zero-order chi connectivity index (χ0) is 14.0. The molecule has 102 valence electrons. The zero-order valence-electron chi connectivity index (χ0n) is 10.1. The number of nitrogens with zero attached hydrogens (tertiary/aromatic N) is 2. The molecule has 2 aromatic rings. The Morgan fingerprint density at radius 3 is 2.68 bits per heavy atom. The van der Waals surface area contributed by atoms with Crippen LogP contribution >= 0.6 is 0 Å². The van der Waals surface area contributed by atoms with E-state index >= 15 is 0 Å². The summed E-state index contributed by atoms with van der Waals surface area (Å²) in [6, 6.07) is 3.40. The Morgan fingerprint density at radius 1 is 1.37 bits per heavy atom. The lowest BCUT2D eigenvalue weighted by molar-refractivity contribution is -0.138. The summed E-state index contributed by atoms with van der Waals surface area (Å²) in [6.45, 7) is 2.47. The van der Waals surface area contributed by atoms with E-state index in [1.807, 2.05) is 6.92 Å². The van der Waals surface area contributed by atoms with Crippen LogP contribution < -0.4 is 10.5 Å². The number of nitrogen functional groups attached to an aromatic ring is 1. The SMILES string of the molecule is CCn1cc(Oc2ccc(N)cc2C(F)(F)F)cn1. The lowest BCUT2D eigenvalue weighted by Gasteiger charge is -2.13. The Morgan fingerprint density at radius 2 is 2.11 bits per heavy atom. The Balaban J connectivity index is 2.34. The Kier molecular flexibility index (Phi) is 3.37. The van der Waals surface area contributed by atoms with E-state index in [2.05, 4.69) is 5.10 Å². The van der Waals surface area contributed by atoms with Gasteiger partial charge in [0.25, 0.3) is 0 Å². The molecular weight excluding hydrogens is 259 g/mol. The third kappa shape index (κ3) is 2.98. The van der Waals surface area contributed by atoms with Crippen LogP contribution in [0.25, 0.3) is 0 Å². The molecule has 0 bridgehead atoms. The molecular formula is C12H12F3N3O. The van der Waals surface area contributed by atoms with Gasteiger partial charge in [0.1, 0.15) is 11.3 Å². The lowest BCUT2D eigenvalue weighted by Crippen LogP contribution is -2.07. The number of hydrogen-bond donors (Lipinski definition) is 1. The number of hydrogen-bond acceptors (Lipinski definition) is 3. The number of halogens is 3. The van der Waals surface area contributed by atoms with Crippen molar-refractivity contribution in [3.8, 4) is 11.5 Å². The molecule has 0 aliphatic rings. The van der Waals surface area contributed by atoms with Gasteiger partial charge in [0.2, 0.25) is 0 Å². The van der Waals surface area contributed by atoms with Crippen molar-refractivity contribution in [2.75, 3.05) is 5.73 Å². The highest BCUT2D eigenvalue weighted by atomic mass is 19.4. The van der Waals surface area contributed by atoms with Crippen LogP contribution in [0.2, 0.25) is 0 Å². The summed E-state index contributed by atoms with van der Waals surface area (Å²) >= 11 is 0. The quantitative estimate of drug-likeness (QED) is 0.871. The molecule has 2 N–H and O–H groups in total. The van der Waals surface area contributed by atoms with Crippen molar-refractivity contribution in [3.63, 3.8) is 0 Å². The van der Waals surface area contributed by atoms with Gasteiger partial charge in [-0.05, 0) is 25.1 Å². The smallest absolute Gasteiger partial charge is 0.420 e. The minimum Gasteiger partial charge on any atom is -0.453 e. The Bertz CT molecular complexity index is 578. The minimum absolute atomic E-state index is 0.0314. The van der Waals surface area contributed by atoms with Gasteiger partial charge in [-0.15, -0.1) is 0 Å². The summed E-state index contributed by atoms with van der Waals surface area (Å²) in [5, 5.41) is 3.93. The highest BCUT2D eigenvalue weighted by molar-refractivity contribution is 5.50. The summed E-state index contributed by atoms with van der Waals surface area (Å²) in [4.78, 5) is 0. The van der Waals surface area contributed by atoms with Crippen molar-refractivity contribution in [1.29, 1.82) is 0 Å². The lowest BCUT2D eigenvalue weighted by atomic mass is 10.1. The maximum absolute atomic E-state index is 12.8. The molecule has 0 saturated heterocycles. The fourth-order valence-electron chi connectivity index (χ4n) is 1.56. The van der Waals surface area contributed by atoms with Gasteiger partial charge in [-0.1, -0.05) is 0 Å². The van der Waals surface area contributed by atoms with Gasteiger partial charge in [0.05, 0.1) is 12.4 Å². The molecule has 0 amide bonds. The molecule has 0 radical (unpaired) electrons. The van der Waals surface area contributed by atoms with Crippen molar-refractivity contribution in [2.45, 2.75) is 19.6 Å². The van der Waals surface area contributed by atoms with Crippen LogP contribution in [0.4, 0.5) is 18.9 Å². The van der Waals surface area contributed by atoms with Crippen LogP contribution in [0, 0.1) is 0 Å². The maximum Gasteiger partial charge on any atom is 0.420 e. The molecule has 2 rings (SSSR count). The second-order valence-electron chi connectivity index (χ2n) is 3.89. The molecule has 7 heteroatoms. The van der Waals surface area contributed by atoms with Crippen LogP contribution in [0.15, 0.2) is 30.6 Å². The molecule has 4 nitrogen and oxygen atoms in total. The highest BCUT2D eigenvalue weighted by Crippen LogP contribution is 2.39. The number of benzene rings is 1. The number of aromatic nitrogens is 2. The topological polar surface area (TPSA) is 53.1 Å². The molecule has 0 spiro atoms. The fraction of sp³-hybridized carbons (Fsp3) is 0.250. The first-order chi connectivity index (χ1) is 8.90. The van der Waals surface area contributed by atoms with Gasteiger partial charge in [-0.2, -0.15) is 18.3 Å². The van der Waals surface area contributed by atoms with Gasteiger partial charge in [-0.25, -0.2) is 0 Å². The summed E-state index contributed by atoms with van der Waals surface area (Å²) in [5.74, 6) is -0.0468. The van der Waals surface area contributed by atoms with Crippen LogP contribution in [0.3, 0.4) is 0 Å². The monoisotopic (exact) mass is 271 g/mol. The molecule has 0 atom stereocenters. The average Bonchev–Trinajstić information content (AvgIpc) is 2.78. The largest absolute Gasteiger partial charge is 0.453 e. The van der Waals surface area contributed by atoms with Crippen LogP contribution in [0.1, 0.15) is 12.5 Å². The van der Waals surface area contributed by atoms with Gasteiger partial charge >= 0.3 is 6.18 Å². The zero-order valence-corrected chi connectivity index (χ0v) is 10.1. The number of rotatable bonds is 3. The average molecular weight is 271 g/mol. The Hall–Kier alpha value is -2.18. The van der Waals surface area contributed by atoms with E-state index in [4.69, 9.17) is 10.5 Å². The molecule has 1 aromatic heterocycles. The standard InChI is InChI=1S/C12H12F3N3O/c1-2-18-7-9(6-17-18)19-11-4-3-8(16)5-10(11)12(13,14)15/h3-7H,2,16H2,1H3. The molecule has 1 aromatic carbocycles. The summed E-state index contributed by atoms with van der Waals surface area (Å²) in [6.07, 6.45) is -1.64. The number of alkyl halides is 3. The third-order valence-corrected chi connectivity index (χ3v) is 2.47. The van der Waals surface area contributed by atoms with E-state index in [0.717, 1.165) is 6.07 Å². The number of anilines is 1. The molecule has 0 aliphatic carbocycles. The van der Waals surface area contributed by atoms with E-state index in [1.165, 1.54) is 24.5 Å². The summed E-state index contributed by atoms with van der Waals surface area (Å²) in [5.41, 5.74) is 4.50. The van der Waals surface area contributed by atoms with Crippen molar-refractivity contribution >= 4 is 5.69 Å². The van der Waals surface area contributed by atoms with Gasteiger partial charge < -0.3 is 10.5 Å². The van der Waals surface area contributed by atoms with Crippen molar-refractivity contribution < 1.29 is 17.9 Å². The normalized spacial score (nSPS) is 11.6. The van der Waals surface area contributed by atoms with E-state index in [9.17, 15) is 13.2 Å². The second kappa shape index (κ2) is 4.83. The molecule has 1 heterocycles. The van der Waals surface area contributed by atoms with Gasteiger partial charge in [-0.3, -0.25) is 4.68 Å². The summed E-state index contributed by atoms with van der Waals surface area (Å²) < 4.78 is 45.3. The maximum atomic E-state index is 12.8. The van der Waals surface area contributed by atoms with Crippen molar-refractivity contribution in [1.82, 2.24) is 9.78 Å². The minimum atomic E-state index is -4.52. The second-order valence-corrected chi connectivity index (χ2v) is 3.89. The highest BCUT2D eigenvalue weighted by Gasteiger charge is 2.34. The van der Waals surface area contributed by atoms with Crippen LogP contribution in [0.5, 0.6) is 11.5 Å². The number of ether oxygens (including phenoxy) is 1. The molecule has 0 aliphatic heterocycles. The van der Waals surface area contributed by atoms with E-state index in [-0.39, 0.29) is 17.2 Å². The first kappa shape index (κ1) is 13.3. The van der Waals surface area contributed by atoms with E-state index < -0.39 is 11.7 Å². The number of nitrogens with two attached hydrogens (primary N) is 1. The first-order valence-corrected chi connectivity index (χ1v) is 5.57. The van der Waals surface area contributed by atoms with Gasteiger partial charge in [0, 0.05) is 12.2 Å². The van der Waals surface area contributed by atoms with E-state index in [0.29, 0.717) is 6.54 Å². The molecule has 0 fully saturated rings. The fourth-order valence-corrected chi connectivity index (χ4v) is 1.56. The first-order valence-electron chi connectivity index (χ1n) is 5.57. The van der Waals surface area contributed by atoms with Crippen LogP contribution in [-0.2, 0) is 12.7 Å². The predicted octanol–water partition coefficient (Wildman–Crippen LogP) is 3.30. The molecule has 0 saturated carbocycles. The summed E-state index contributed by atoms with van der Waals surface area (Å²) in [7, 11) is 0. The van der Waals surface area contributed by atoms with E-state index in [1.54, 1.807) is 4.68 Å². The third-order valence-electron chi connectivity index (χ3n) is 2.47. The Labute approximate surface area is 107 Å².